The molecule has 2 rings (SSSR count). The number of amides is 1. The van der Waals surface area contributed by atoms with E-state index in [2.05, 4.69) is 16.3 Å². The van der Waals surface area contributed by atoms with E-state index < -0.39 is 0 Å². The van der Waals surface area contributed by atoms with E-state index in [0.717, 1.165) is 37.7 Å². The van der Waals surface area contributed by atoms with Crippen LogP contribution in [0, 0.1) is 5.92 Å². The number of ether oxygens (including phenoxy) is 2. The van der Waals surface area contributed by atoms with Gasteiger partial charge in [0.1, 0.15) is 0 Å². The summed E-state index contributed by atoms with van der Waals surface area (Å²) in [6.45, 7) is 5.37. The zero-order chi connectivity index (χ0) is 15.9. The fourth-order valence-corrected chi connectivity index (χ4v) is 2.99. The van der Waals surface area contributed by atoms with Crippen LogP contribution in [0.3, 0.4) is 0 Å². The van der Waals surface area contributed by atoms with Gasteiger partial charge in [0.15, 0.2) is 11.5 Å². The van der Waals surface area contributed by atoms with Gasteiger partial charge in [-0.05, 0) is 43.0 Å². The predicted octanol–water partition coefficient (Wildman–Crippen LogP) is 2.05. The summed E-state index contributed by atoms with van der Waals surface area (Å²) < 4.78 is 10.6. The Morgan fingerprint density at radius 3 is 2.77 bits per heavy atom. The first-order valence-electron chi connectivity index (χ1n) is 7.80. The van der Waals surface area contributed by atoms with E-state index in [1.54, 1.807) is 21.1 Å². The molecule has 0 spiro atoms. The van der Waals surface area contributed by atoms with Gasteiger partial charge in [-0.2, -0.15) is 0 Å². The van der Waals surface area contributed by atoms with Crippen molar-refractivity contribution in [2.75, 3.05) is 33.9 Å². The summed E-state index contributed by atoms with van der Waals surface area (Å²) in [5, 5.41) is 2.93. The van der Waals surface area contributed by atoms with Crippen molar-refractivity contribution in [2.45, 2.75) is 26.3 Å². The molecule has 1 saturated heterocycles. The molecule has 1 heterocycles. The van der Waals surface area contributed by atoms with Gasteiger partial charge in [-0.15, -0.1) is 0 Å². The van der Waals surface area contributed by atoms with Crippen molar-refractivity contribution in [3.05, 3.63) is 23.8 Å². The minimum absolute atomic E-state index is 0.0528. The highest BCUT2D eigenvalue weighted by Crippen LogP contribution is 2.28. The van der Waals surface area contributed by atoms with Gasteiger partial charge in [-0.3, -0.25) is 9.69 Å². The van der Waals surface area contributed by atoms with E-state index >= 15 is 0 Å². The molecule has 122 valence electrons. The third-order valence-corrected chi connectivity index (χ3v) is 4.10. The van der Waals surface area contributed by atoms with Crippen LogP contribution in [0.4, 0.5) is 0 Å². The van der Waals surface area contributed by atoms with Crippen LogP contribution in [-0.4, -0.2) is 44.7 Å². The van der Waals surface area contributed by atoms with Crippen molar-refractivity contribution < 1.29 is 14.3 Å². The molecule has 5 heteroatoms. The highest BCUT2D eigenvalue weighted by atomic mass is 16.5. The average molecular weight is 306 g/mol. The third kappa shape index (κ3) is 4.63. The predicted molar refractivity (Wildman–Crippen MR) is 86.2 cm³/mol. The Bertz CT molecular complexity index is 505. The van der Waals surface area contributed by atoms with Crippen molar-refractivity contribution >= 4 is 5.91 Å². The lowest BCUT2D eigenvalue weighted by molar-refractivity contribution is -0.119. The number of likely N-dealkylation sites (tertiary alicyclic amines) is 1. The fourth-order valence-electron chi connectivity index (χ4n) is 2.99. The molecule has 0 bridgehead atoms. The molecule has 1 aliphatic heterocycles. The number of piperidine rings is 1. The summed E-state index contributed by atoms with van der Waals surface area (Å²) in [7, 11) is 3.31. The molecule has 0 saturated carbocycles. The Hall–Kier alpha value is -1.75. The average Bonchev–Trinajstić information content (AvgIpc) is 2.53. The van der Waals surface area contributed by atoms with Crippen LogP contribution in [0.25, 0.3) is 0 Å². The van der Waals surface area contributed by atoms with E-state index in [9.17, 15) is 4.79 Å². The van der Waals surface area contributed by atoms with Crippen LogP contribution in [0.1, 0.15) is 25.3 Å². The van der Waals surface area contributed by atoms with E-state index in [0.29, 0.717) is 5.92 Å². The summed E-state index contributed by atoms with van der Waals surface area (Å²) >= 11 is 0. The molecule has 1 aliphatic rings. The number of carbonyl (C=O) groups excluding carboxylic acids is 1. The molecular weight excluding hydrogens is 280 g/mol. The molecule has 0 aromatic heterocycles. The number of carbonyl (C=O) groups is 1. The van der Waals surface area contributed by atoms with Crippen LogP contribution in [0.5, 0.6) is 11.5 Å². The molecule has 5 nitrogen and oxygen atoms in total. The Kier molecular flexibility index (Phi) is 6.07. The van der Waals surface area contributed by atoms with Crippen molar-refractivity contribution in [3.8, 4) is 11.5 Å². The second-order valence-electron chi connectivity index (χ2n) is 5.87. The Labute approximate surface area is 132 Å². The molecule has 1 aromatic rings. The second-order valence-corrected chi connectivity index (χ2v) is 5.87. The first-order chi connectivity index (χ1) is 10.6. The number of rotatable bonds is 6. The van der Waals surface area contributed by atoms with E-state index in [1.807, 2.05) is 12.1 Å². The normalized spacial score (nSPS) is 18.8. The van der Waals surface area contributed by atoms with Gasteiger partial charge in [-0.1, -0.05) is 6.07 Å². The topological polar surface area (TPSA) is 50.8 Å². The Balaban J connectivity index is 1.93. The summed E-state index contributed by atoms with van der Waals surface area (Å²) in [4.78, 5) is 13.5. The van der Waals surface area contributed by atoms with Crippen LogP contribution in [0.2, 0.25) is 0 Å². The summed E-state index contributed by atoms with van der Waals surface area (Å²) in [5.74, 6) is 2.12. The standard InChI is InChI=1S/C17H26N2O3/c1-13(20)18-10-15-5-4-8-19(12-15)11-14-6-7-16(21-2)17(9-14)22-3/h6-7,9,15H,4-5,8,10-12H2,1-3H3,(H,18,20)/t15-/m1/s1. The van der Waals surface area contributed by atoms with E-state index in [4.69, 9.17) is 9.47 Å². The molecule has 0 aliphatic carbocycles. The lowest BCUT2D eigenvalue weighted by Crippen LogP contribution is -2.40. The lowest BCUT2D eigenvalue weighted by Gasteiger charge is -2.32. The zero-order valence-electron chi connectivity index (χ0n) is 13.7. The minimum Gasteiger partial charge on any atom is -0.493 e. The quantitative estimate of drug-likeness (QED) is 0.874. The maximum Gasteiger partial charge on any atom is 0.216 e. The van der Waals surface area contributed by atoms with Crippen LogP contribution in [0.15, 0.2) is 18.2 Å². The first-order valence-corrected chi connectivity index (χ1v) is 7.80. The molecule has 1 aromatic carbocycles. The molecule has 1 atom stereocenters. The highest BCUT2D eigenvalue weighted by molar-refractivity contribution is 5.72. The number of hydrogen-bond donors (Lipinski definition) is 1. The maximum absolute atomic E-state index is 11.0. The monoisotopic (exact) mass is 306 g/mol. The Morgan fingerprint density at radius 2 is 2.09 bits per heavy atom. The number of nitrogens with one attached hydrogen (secondary N) is 1. The molecule has 1 fully saturated rings. The summed E-state index contributed by atoms with van der Waals surface area (Å²) in [6.07, 6.45) is 2.36. The van der Waals surface area contributed by atoms with Crippen LogP contribution < -0.4 is 14.8 Å². The first kappa shape index (κ1) is 16.6. The van der Waals surface area contributed by atoms with Crippen molar-refractivity contribution in [1.29, 1.82) is 0 Å². The fraction of sp³-hybridized carbons (Fsp3) is 0.588. The zero-order valence-corrected chi connectivity index (χ0v) is 13.7. The van der Waals surface area contributed by atoms with Gasteiger partial charge in [-0.25, -0.2) is 0 Å². The highest BCUT2D eigenvalue weighted by Gasteiger charge is 2.20. The molecule has 1 amide bonds. The molecular formula is C17H26N2O3. The SMILES string of the molecule is COc1ccc(CN2CCC[C@H](CNC(C)=O)C2)cc1OC. The largest absolute Gasteiger partial charge is 0.493 e. The summed E-state index contributed by atoms with van der Waals surface area (Å²) in [5.41, 5.74) is 1.22. The molecule has 22 heavy (non-hydrogen) atoms. The van der Waals surface area contributed by atoms with Gasteiger partial charge in [0.2, 0.25) is 5.91 Å². The van der Waals surface area contributed by atoms with Gasteiger partial charge in [0.25, 0.3) is 0 Å². The number of nitrogens with zero attached hydrogens (tertiary/aromatic N) is 1. The van der Waals surface area contributed by atoms with Gasteiger partial charge < -0.3 is 14.8 Å². The second kappa shape index (κ2) is 8.03. The Morgan fingerprint density at radius 1 is 1.32 bits per heavy atom. The molecule has 0 radical (unpaired) electrons. The molecule has 0 unspecified atom stereocenters. The van der Waals surface area contributed by atoms with Gasteiger partial charge in [0, 0.05) is 26.6 Å². The maximum atomic E-state index is 11.0. The van der Waals surface area contributed by atoms with E-state index in [-0.39, 0.29) is 5.91 Å². The summed E-state index contributed by atoms with van der Waals surface area (Å²) in [6, 6.07) is 6.07. The van der Waals surface area contributed by atoms with Crippen molar-refractivity contribution in [2.24, 2.45) is 5.92 Å². The van der Waals surface area contributed by atoms with Crippen molar-refractivity contribution in [1.82, 2.24) is 10.2 Å². The number of hydrogen-bond acceptors (Lipinski definition) is 4. The van der Waals surface area contributed by atoms with Gasteiger partial charge in [0.05, 0.1) is 14.2 Å². The third-order valence-electron chi connectivity index (χ3n) is 4.10. The van der Waals surface area contributed by atoms with Crippen molar-refractivity contribution in [3.63, 3.8) is 0 Å². The lowest BCUT2D eigenvalue weighted by atomic mass is 9.97. The number of methoxy groups -OCH3 is 2. The minimum atomic E-state index is 0.0528. The van der Waals surface area contributed by atoms with Crippen LogP contribution in [-0.2, 0) is 11.3 Å². The smallest absolute Gasteiger partial charge is 0.216 e. The van der Waals surface area contributed by atoms with Crippen LogP contribution >= 0.6 is 0 Å². The van der Waals surface area contributed by atoms with E-state index in [1.165, 1.54) is 18.4 Å². The van der Waals surface area contributed by atoms with Gasteiger partial charge >= 0.3 is 0 Å². The molecule has 1 N–H and O–H groups in total. The number of benzene rings is 1.